The molecule has 54 heavy (non-hydrogen) atoms. The van der Waals surface area contributed by atoms with Crippen LogP contribution in [-0.4, -0.2) is 0 Å². The van der Waals surface area contributed by atoms with E-state index in [0.29, 0.717) is 0 Å². The van der Waals surface area contributed by atoms with Gasteiger partial charge in [0.1, 0.15) is 11.2 Å². The van der Waals surface area contributed by atoms with Gasteiger partial charge in [-0.2, -0.15) is 0 Å². The van der Waals surface area contributed by atoms with Gasteiger partial charge in [-0.15, -0.1) is 0 Å². The molecule has 0 aliphatic heterocycles. The van der Waals surface area contributed by atoms with Crippen molar-refractivity contribution >= 4 is 49.8 Å². The Hall–Kier alpha value is -7.16. The molecule has 1 aromatic heterocycles. The minimum Gasteiger partial charge on any atom is -0.456 e. The number of nitrogens with zero attached hydrogens (tertiary/aromatic N) is 1. The van der Waals surface area contributed by atoms with Crippen LogP contribution in [0.25, 0.3) is 77.2 Å². The molecule has 10 rings (SSSR count). The SMILES string of the molecule is c1ccc(-c2ccc(N(c3cccc(-c4cccc(-c5ccc6ccccc6c5)c4)c3)c3ccccc3-c3cccc4oc5ccccc5c34)cc2)cc1. The van der Waals surface area contributed by atoms with Crippen molar-refractivity contribution in [1.82, 2.24) is 0 Å². The van der Waals surface area contributed by atoms with Crippen LogP contribution in [0.3, 0.4) is 0 Å². The fraction of sp³-hybridized carbons (Fsp3) is 0. The van der Waals surface area contributed by atoms with Crippen LogP contribution in [0.2, 0.25) is 0 Å². The molecule has 0 saturated carbocycles. The molecule has 10 aromatic rings. The Kier molecular flexibility index (Phi) is 7.85. The lowest BCUT2D eigenvalue weighted by Gasteiger charge is -2.28. The molecule has 1 heterocycles. The summed E-state index contributed by atoms with van der Waals surface area (Å²) >= 11 is 0. The normalized spacial score (nSPS) is 11.3. The Morgan fingerprint density at radius 1 is 0.315 bits per heavy atom. The average molecular weight is 690 g/mol. The van der Waals surface area contributed by atoms with Crippen molar-refractivity contribution in [1.29, 1.82) is 0 Å². The van der Waals surface area contributed by atoms with E-state index in [0.717, 1.165) is 55.7 Å². The molecule has 0 spiro atoms. The molecule has 0 aliphatic rings. The standard InChI is InChI=1S/C52H35NO/c1-2-13-36(14-3-1)38-29-31-44(32-30-38)53(49-24-8-6-21-46(49)47-23-12-26-51-52(47)48-22-7-9-25-50(48)54-51)45-20-11-19-42(35-45)40-17-10-18-41(34-40)43-28-27-37-15-4-5-16-39(37)33-43/h1-35H. The fourth-order valence-corrected chi connectivity index (χ4v) is 7.83. The van der Waals surface area contributed by atoms with E-state index in [1.54, 1.807) is 0 Å². The molecule has 0 unspecified atom stereocenters. The van der Waals surface area contributed by atoms with Crippen molar-refractivity contribution in [3.63, 3.8) is 0 Å². The summed E-state index contributed by atoms with van der Waals surface area (Å²) in [5, 5.41) is 4.73. The Bertz CT molecular complexity index is 2940. The third-order valence-corrected chi connectivity index (χ3v) is 10.5. The topological polar surface area (TPSA) is 16.4 Å². The van der Waals surface area contributed by atoms with Gasteiger partial charge < -0.3 is 9.32 Å². The van der Waals surface area contributed by atoms with E-state index in [9.17, 15) is 0 Å². The molecule has 9 aromatic carbocycles. The lowest BCUT2D eigenvalue weighted by Crippen LogP contribution is -2.11. The molecule has 0 radical (unpaired) electrons. The number of hydrogen-bond acceptors (Lipinski definition) is 2. The summed E-state index contributed by atoms with van der Waals surface area (Å²) < 4.78 is 6.35. The fourth-order valence-electron chi connectivity index (χ4n) is 7.83. The number of fused-ring (bicyclic) bond motifs is 4. The summed E-state index contributed by atoms with van der Waals surface area (Å²) in [6.07, 6.45) is 0. The second-order valence-corrected chi connectivity index (χ2v) is 13.7. The maximum Gasteiger partial charge on any atom is 0.136 e. The molecule has 254 valence electrons. The molecule has 0 saturated heterocycles. The summed E-state index contributed by atoms with van der Waals surface area (Å²) in [5.41, 5.74) is 14.4. The molecular formula is C52H35NO. The smallest absolute Gasteiger partial charge is 0.136 e. The van der Waals surface area contributed by atoms with E-state index in [2.05, 4.69) is 205 Å². The summed E-state index contributed by atoms with van der Waals surface area (Å²) in [6.45, 7) is 0. The van der Waals surface area contributed by atoms with Gasteiger partial charge in [0.15, 0.2) is 0 Å². The third kappa shape index (κ3) is 5.71. The van der Waals surface area contributed by atoms with Gasteiger partial charge in [-0.3, -0.25) is 0 Å². The van der Waals surface area contributed by atoms with Crippen LogP contribution in [0.5, 0.6) is 0 Å². The van der Waals surface area contributed by atoms with Crippen molar-refractivity contribution in [2.75, 3.05) is 4.90 Å². The average Bonchev–Trinajstić information content (AvgIpc) is 3.64. The zero-order chi connectivity index (χ0) is 35.8. The van der Waals surface area contributed by atoms with Gasteiger partial charge in [-0.1, -0.05) is 158 Å². The molecule has 0 bridgehead atoms. The van der Waals surface area contributed by atoms with E-state index >= 15 is 0 Å². The van der Waals surface area contributed by atoms with Crippen LogP contribution in [-0.2, 0) is 0 Å². The maximum atomic E-state index is 6.35. The molecule has 0 atom stereocenters. The molecular weight excluding hydrogens is 655 g/mol. The van der Waals surface area contributed by atoms with Crippen LogP contribution in [0.15, 0.2) is 217 Å². The second kappa shape index (κ2) is 13.4. The minimum absolute atomic E-state index is 0.885. The molecule has 0 amide bonds. The quantitative estimate of drug-likeness (QED) is 0.166. The first-order valence-corrected chi connectivity index (χ1v) is 18.4. The second-order valence-electron chi connectivity index (χ2n) is 13.7. The van der Waals surface area contributed by atoms with E-state index < -0.39 is 0 Å². The van der Waals surface area contributed by atoms with E-state index in [-0.39, 0.29) is 0 Å². The summed E-state index contributed by atoms with van der Waals surface area (Å²) in [5.74, 6) is 0. The van der Waals surface area contributed by atoms with Crippen molar-refractivity contribution in [2.24, 2.45) is 0 Å². The van der Waals surface area contributed by atoms with Crippen LogP contribution in [0, 0.1) is 0 Å². The maximum absolute atomic E-state index is 6.35. The zero-order valence-electron chi connectivity index (χ0n) is 29.6. The minimum atomic E-state index is 0.885. The molecule has 0 N–H and O–H groups in total. The highest BCUT2D eigenvalue weighted by Crippen LogP contribution is 2.45. The lowest BCUT2D eigenvalue weighted by atomic mass is 9.95. The van der Waals surface area contributed by atoms with Gasteiger partial charge in [-0.25, -0.2) is 0 Å². The molecule has 2 heteroatoms. The summed E-state index contributed by atoms with van der Waals surface area (Å²) in [7, 11) is 0. The third-order valence-electron chi connectivity index (χ3n) is 10.5. The Morgan fingerprint density at radius 2 is 0.889 bits per heavy atom. The van der Waals surface area contributed by atoms with Gasteiger partial charge in [-0.05, 0) is 104 Å². The van der Waals surface area contributed by atoms with Crippen molar-refractivity contribution < 1.29 is 4.42 Å². The number of benzene rings is 9. The van der Waals surface area contributed by atoms with Crippen LogP contribution in [0.1, 0.15) is 0 Å². The number of hydrogen-bond donors (Lipinski definition) is 0. The Balaban J connectivity index is 1.13. The number of furan rings is 1. The Labute approximate surface area is 314 Å². The first-order chi connectivity index (χ1) is 26.8. The molecule has 0 aliphatic carbocycles. The lowest BCUT2D eigenvalue weighted by molar-refractivity contribution is 0.669. The number of anilines is 3. The monoisotopic (exact) mass is 689 g/mol. The predicted octanol–water partition coefficient (Wildman–Crippen LogP) is 14.9. The van der Waals surface area contributed by atoms with Gasteiger partial charge in [0.25, 0.3) is 0 Å². The number of para-hydroxylation sites is 2. The van der Waals surface area contributed by atoms with Gasteiger partial charge in [0, 0.05) is 27.7 Å². The van der Waals surface area contributed by atoms with Gasteiger partial charge in [0.2, 0.25) is 0 Å². The van der Waals surface area contributed by atoms with Crippen LogP contribution in [0.4, 0.5) is 17.1 Å². The number of rotatable bonds is 7. The van der Waals surface area contributed by atoms with Crippen molar-refractivity contribution in [3.8, 4) is 44.5 Å². The van der Waals surface area contributed by atoms with Crippen molar-refractivity contribution in [3.05, 3.63) is 212 Å². The largest absolute Gasteiger partial charge is 0.456 e. The van der Waals surface area contributed by atoms with Crippen LogP contribution < -0.4 is 4.90 Å². The van der Waals surface area contributed by atoms with Gasteiger partial charge >= 0.3 is 0 Å². The first-order valence-electron chi connectivity index (χ1n) is 18.4. The molecule has 0 fully saturated rings. The van der Waals surface area contributed by atoms with Gasteiger partial charge in [0.05, 0.1) is 5.69 Å². The highest BCUT2D eigenvalue weighted by atomic mass is 16.3. The van der Waals surface area contributed by atoms with E-state index in [1.165, 1.54) is 38.6 Å². The highest BCUT2D eigenvalue weighted by molar-refractivity contribution is 6.14. The zero-order valence-corrected chi connectivity index (χ0v) is 29.6. The first kappa shape index (κ1) is 31.6. The van der Waals surface area contributed by atoms with Crippen molar-refractivity contribution in [2.45, 2.75) is 0 Å². The van der Waals surface area contributed by atoms with E-state index in [4.69, 9.17) is 4.42 Å². The van der Waals surface area contributed by atoms with Crippen LogP contribution >= 0.6 is 0 Å². The predicted molar refractivity (Wildman–Crippen MR) is 228 cm³/mol. The highest BCUT2D eigenvalue weighted by Gasteiger charge is 2.21. The Morgan fingerprint density at radius 3 is 1.74 bits per heavy atom. The summed E-state index contributed by atoms with van der Waals surface area (Å²) in [6, 6.07) is 76.0. The molecule has 2 nitrogen and oxygen atoms in total. The summed E-state index contributed by atoms with van der Waals surface area (Å²) in [4.78, 5) is 2.39. The van der Waals surface area contributed by atoms with E-state index in [1.807, 2.05) is 12.1 Å².